The summed E-state index contributed by atoms with van der Waals surface area (Å²) in [5.41, 5.74) is 0.0529. The molecule has 0 aliphatic heterocycles. The van der Waals surface area contributed by atoms with Crippen LogP contribution in [-0.2, 0) is 0 Å². The Kier molecular flexibility index (Phi) is 4.60. The van der Waals surface area contributed by atoms with E-state index in [1.165, 1.54) is 11.3 Å². The van der Waals surface area contributed by atoms with E-state index >= 15 is 0 Å². The first kappa shape index (κ1) is 15.5. The number of benzene rings is 1. The first-order valence-corrected chi connectivity index (χ1v) is 8.17. The minimum atomic E-state index is -0.477. The maximum absolute atomic E-state index is 12.5. The molecule has 1 fully saturated rings. The fraction of sp³-hybridized carbons (Fsp3) is 0.471. The van der Waals surface area contributed by atoms with Crippen molar-refractivity contribution in [2.24, 2.45) is 0 Å². The van der Waals surface area contributed by atoms with E-state index in [9.17, 15) is 9.59 Å². The number of hydrogen-bond acceptors (Lipinski definition) is 4. The third-order valence-electron chi connectivity index (χ3n) is 4.25. The molecule has 1 N–H and O–H groups in total. The summed E-state index contributed by atoms with van der Waals surface area (Å²) in [4.78, 5) is 30.3. The lowest BCUT2D eigenvalue weighted by molar-refractivity contribution is 0.237. The van der Waals surface area contributed by atoms with E-state index in [0.717, 1.165) is 25.7 Å². The molecule has 0 bridgehead atoms. The molecule has 2 aromatic rings. The summed E-state index contributed by atoms with van der Waals surface area (Å²) in [7, 11) is 0. The van der Waals surface area contributed by atoms with Crippen molar-refractivity contribution in [3.8, 4) is 0 Å². The van der Waals surface area contributed by atoms with Gasteiger partial charge in [0.15, 0.2) is 0 Å². The lowest BCUT2D eigenvalue weighted by Gasteiger charge is -2.26. The van der Waals surface area contributed by atoms with Gasteiger partial charge in [0.2, 0.25) is 0 Å². The number of anilines is 1. The summed E-state index contributed by atoms with van der Waals surface area (Å²) in [5, 5.41) is 3.44. The van der Waals surface area contributed by atoms with Crippen LogP contribution in [0.4, 0.5) is 10.8 Å². The number of nitrogens with one attached hydrogen (secondary N) is 1. The van der Waals surface area contributed by atoms with Crippen molar-refractivity contribution in [1.29, 1.82) is 0 Å². The number of rotatable bonds is 3. The van der Waals surface area contributed by atoms with Gasteiger partial charge >= 0.3 is 17.7 Å². The van der Waals surface area contributed by atoms with Crippen molar-refractivity contribution in [1.82, 2.24) is 10.3 Å². The molecule has 122 valence electrons. The molecular weight excluding hydrogens is 294 g/mol. The molecule has 2 amide bonds. The predicted octanol–water partition coefficient (Wildman–Crippen LogP) is 3.06. The quantitative estimate of drug-likeness (QED) is 0.944. The van der Waals surface area contributed by atoms with E-state index in [4.69, 9.17) is 4.42 Å². The van der Waals surface area contributed by atoms with Crippen LogP contribution in [-0.4, -0.2) is 23.6 Å². The van der Waals surface area contributed by atoms with Gasteiger partial charge in [0, 0.05) is 12.6 Å². The molecule has 0 radical (unpaired) electrons. The van der Waals surface area contributed by atoms with Gasteiger partial charge in [0.25, 0.3) is 0 Å². The molecule has 1 aliphatic rings. The molecule has 23 heavy (non-hydrogen) atoms. The minimum absolute atomic E-state index is 0.0458. The van der Waals surface area contributed by atoms with Gasteiger partial charge in [-0.1, -0.05) is 31.4 Å². The summed E-state index contributed by atoms with van der Waals surface area (Å²) in [6, 6.07) is 6.94. The molecule has 6 heteroatoms. The van der Waals surface area contributed by atoms with E-state index in [1.807, 2.05) is 6.92 Å². The number of fused-ring (bicyclic) bond motifs is 1. The van der Waals surface area contributed by atoms with E-state index in [-0.39, 0.29) is 18.1 Å². The van der Waals surface area contributed by atoms with Crippen LogP contribution in [0, 0.1) is 0 Å². The van der Waals surface area contributed by atoms with Crippen LogP contribution < -0.4 is 15.8 Å². The molecule has 3 rings (SSSR count). The molecule has 0 unspecified atom stereocenters. The number of nitrogens with zero attached hydrogens (tertiary/aromatic N) is 2. The molecule has 1 aromatic carbocycles. The second kappa shape index (κ2) is 6.81. The Morgan fingerprint density at radius 3 is 2.78 bits per heavy atom. The molecule has 1 aromatic heterocycles. The zero-order valence-corrected chi connectivity index (χ0v) is 13.2. The van der Waals surface area contributed by atoms with Gasteiger partial charge in [0.1, 0.15) is 0 Å². The average molecular weight is 315 g/mol. The monoisotopic (exact) mass is 315 g/mol. The fourth-order valence-electron chi connectivity index (χ4n) is 2.99. The summed E-state index contributed by atoms with van der Waals surface area (Å²) < 4.78 is 5.25. The smallest absolute Gasteiger partial charge is 0.348 e. The van der Waals surface area contributed by atoms with Gasteiger partial charge in [0.05, 0.1) is 10.9 Å². The molecule has 0 atom stereocenters. The molecule has 6 nitrogen and oxygen atoms in total. The second-order valence-electron chi connectivity index (χ2n) is 5.83. The van der Waals surface area contributed by atoms with Crippen LogP contribution >= 0.6 is 0 Å². The third-order valence-corrected chi connectivity index (χ3v) is 4.25. The topological polar surface area (TPSA) is 75.4 Å². The van der Waals surface area contributed by atoms with Crippen molar-refractivity contribution >= 4 is 22.9 Å². The van der Waals surface area contributed by atoms with Crippen molar-refractivity contribution in [2.75, 3.05) is 11.4 Å². The van der Waals surface area contributed by atoms with Crippen molar-refractivity contribution < 1.29 is 9.21 Å². The van der Waals surface area contributed by atoms with Crippen LogP contribution in [0.15, 0.2) is 33.5 Å². The van der Waals surface area contributed by atoms with Crippen LogP contribution in [0.25, 0.3) is 10.9 Å². The van der Waals surface area contributed by atoms with E-state index in [0.29, 0.717) is 17.4 Å². The Morgan fingerprint density at radius 2 is 2.04 bits per heavy atom. The highest BCUT2D eigenvalue weighted by molar-refractivity contribution is 5.90. The van der Waals surface area contributed by atoms with Crippen LogP contribution in [0.2, 0.25) is 0 Å². The Labute approximate surface area is 134 Å². The van der Waals surface area contributed by atoms with Gasteiger partial charge < -0.3 is 9.73 Å². The van der Waals surface area contributed by atoms with Gasteiger partial charge in [-0.2, -0.15) is 4.98 Å². The number of para-hydroxylation sites is 1. The normalized spacial score (nSPS) is 15.5. The molecule has 1 aliphatic carbocycles. The average Bonchev–Trinajstić information content (AvgIpc) is 2.56. The Bertz CT molecular complexity index is 750. The highest BCUT2D eigenvalue weighted by atomic mass is 16.4. The number of amides is 2. The number of hydrogen-bond donors (Lipinski definition) is 1. The minimum Gasteiger partial charge on any atom is -0.388 e. The highest BCUT2D eigenvalue weighted by Gasteiger charge is 2.23. The zero-order valence-electron chi connectivity index (χ0n) is 13.2. The number of urea groups is 1. The SMILES string of the molecule is CCN(C(=O)NC1CCCCC1)c1nc2ccccc2c(=O)o1. The van der Waals surface area contributed by atoms with E-state index < -0.39 is 5.63 Å². The Hall–Kier alpha value is -2.37. The van der Waals surface area contributed by atoms with Crippen molar-refractivity contribution in [2.45, 2.75) is 45.1 Å². The number of carbonyl (C=O) groups excluding carboxylic acids is 1. The maximum atomic E-state index is 12.5. The van der Waals surface area contributed by atoms with Gasteiger partial charge in [-0.15, -0.1) is 0 Å². The van der Waals surface area contributed by atoms with Crippen LogP contribution in [0.3, 0.4) is 0 Å². The summed E-state index contributed by atoms with van der Waals surface area (Å²) in [6.45, 7) is 2.21. The largest absolute Gasteiger partial charge is 0.388 e. The highest BCUT2D eigenvalue weighted by Crippen LogP contribution is 2.19. The molecule has 0 spiro atoms. The van der Waals surface area contributed by atoms with E-state index in [2.05, 4.69) is 10.3 Å². The number of carbonyl (C=O) groups is 1. The molecule has 1 saturated carbocycles. The standard InChI is InChI=1S/C17H21N3O3/c1-2-20(16(22)18-12-8-4-3-5-9-12)17-19-14-11-7-6-10-13(14)15(21)23-17/h6-7,10-12H,2-5,8-9H2,1H3,(H,18,22). The predicted molar refractivity (Wildman–Crippen MR) is 88.7 cm³/mol. The van der Waals surface area contributed by atoms with Crippen LogP contribution in [0.1, 0.15) is 39.0 Å². The lowest BCUT2D eigenvalue weighted by atomic mass is 9.96. The summed E-state index contributed by atoms with van der Waals surface area (Å²) in [6.07, 6.45) is 5.50. The molecule has 0 saturated heterocycles. The van der Waals surface area contributed by atoms with E-state index in [1.54, 1.807) is 24.3 Å². The maximum Gasteiger partial charge on any atom is 0.348 e. The summed E-state index contributed by atoms with van der Waals surface area (Å²) in [5.74, 6) is 0. The third kappa shape index (κ3) is 3.36. The van der Waals surface area contributed by atoms with Crippen molar-refractivity contribution in [3.05, 3.63) is 34.7 Å². The van der Waals surface area contributed by atoms with Crippen LogP contribution in [0.5, 0.6) is 0 Å². The fourth-order valence-corrected chi connectivity index (χ4v) is 2.99. The number of aromatic nitrogens is 1. The molecular formula is C17H21N3O3. The lowest BCUT2D eigenvalue weighted by Crippen LogP contribution is -2.46. The first-order valence-electron chi connectivity index (χ1n) is 8.17. The van der Waals surface area contributed by atoms with Gasteiger partial charge in [-0.05, 0) is 31.9 Å². The van der Waals surface area contributed by atoms with Crippen molar-refractivity contribution in [3.63, 3.8) is 0 Å². The molecule has 1 heterocycles. The first-order chi connectivity index (χ1) is 11.2. The van der Waals surface area contributed by atoms with Gasteiger partial charge in [-0.3, -0.25) is 0 Å². The Morgan fingerprint density at radius 1 is 1.30 bits per heavy atom. The zero-order chi connectivity index (χ0) is 16.2. The Balaban J connectivity index is 1.85. The summed E-state index contributed by atoms with van der Waals surface area (Å²) >= 11 is 0. The van der Waals surface area contributed by atoms with Gasteiger partial charge in [-0.25, -0.2) is 14.5 Å². The second-order valence-corrected chi connectivity index (χ2v) is 5.83.